The van der Waals surface area contributed by atoms with Crippen LogP contribution in [-0.4, -0.2) is 15.7 Å². The van der Waals surface area contributed by atoms with Crippen LogP contribution in [0.25, 0.3) is 0 Å². The number of hydrogen-bond donors (Lipinski definition) is 1. The Labute approximate surface area is 105 Å². The molecule has 1 aliphatic rings. The third-order valence-electron chi connectivity index (χ3n) is 3.93. The molecule has 0 saturated carbocycles. The number of fused-ring (bicyclic) bond motifs is 1. The van der Waals surface area contributed by atoms with Gasteiger partial charge in [0.25, 0.3) is 0 Å². The molecule has 0 bridgehead atoms. The Bertz CT molecular complexity index is 617. The molecule has 1 aliphatic carbocycles. The SMILES string of the molecule is Cn1nccc1C1(C(N)=O)CCc2ccccc21. The van der Waals surface area contributed by atoms with Crippen LogP contribution in [0, 0.1) is 0 Å². The van der Waals surface area contributed by atoms with Crippen LogP contribution in [0.15, 0.2) is 36.5 Å². The van der Waals surface area contributed by atoms with Gasteiger partial charge in [-0.05, 0) is 30.0 Å². The Morgan fingerprint density at radius 2 is 2.17 bits per heavy atom. The first-order valence-electron chi connectivity index (χ1n) is 6.03. The monoisotopic (exact) mass is 241 g/mol. The van der Waals surface area contributed by atoms with E-state index in [1.807, 2.05) is 31.3 Å². The van der Waals surface area contributed by atoms with Gasteiger partial charge in [-0.3, -0.25) is 9.48 Å². The second kappa shape index (κ2) is 3.70. The van der Waals surface area contributed by atoms with Gasteiger partial charge in [-0.25, -0.2) is 0 Å². The molecule has 18 heavy (non-hydrogen) atoms. The molecule has 0 radical (unpaired) electrons. The normalized spacial score (nSPS) is 21.8. The Morgan fingerprint density at radius 3 is 2.83 bits per heavy atom. The maximum atomic E-state index is 12.1. The first kappa shape index (κ1) is 11.0. The average Bonchev–Trinajstić information content (AvgIpc) is 2.93. The number of hydrogen-bond acceptors (Lipinski definition) is 2. The number of aryl methyl sites for hydroxylation is 2. The van der Waals surface area contributed by atoms with Crippen LogP contribution < -0.4 is 5.73 Å². The standard InChI is InChI=1S/C14H15N3O/c1-17-12(7-9-16-17)14(13(15)18)8-6-10-4-2-3-5-11(10)14/h2-5,7,9H,6,8H2,1H3,(H2,15,18). The number of nitrogens with zero attached hydrogens (tertiary/aromatic N) is 2. The molecule has 3 rings (SSSR count). The van der Waals surface area contributed by atoms with Crippen molar-refractivity contribution in [1.29, 1.82) is 0 Å². The number of benzene rings is 1. The smallest absolute Gasteiger partial charge is 0.234 e. The zero-order valence-electron chi connectivity index (χ0n) is 10.3. The van der Waals surface area contributed by atoms with E-state index in [1.54, 1.807) is 10.9 Å². The number of rotatable bonds is 2. The molecule has 1 heterocycles. The fourth-order valence-electron chi connectivity index (χ4n) is 3.05. The van der Waals surface area contributed by atoms with Gasteiger partial charge < -0.3 is 5.73 Å². The van der Waals surface area contributed by atoms with Gasteiger partial charge in [0.15, 0.2) is 0 Å². The first-order chi connectivity index (χ1) is 8.66. The molecule has 92 valence electrons. The maximum Gasteiger partial charge on any atom is 0.234 e. The molecule has 1 aromatic heterocycles. The van der Waals surface area contributed by atoms with E-state index in [4.69, 9.17) is 5.73 Å². The van der Waals surface area contributed by atoms with Gasteiger partial charge in [0.1, 0.15) is 5.41 Å². The van der Waals surface area contributed by atoms with E-state index < -0.39 is 5.41 Å². The molecule has 1 amide bonds. The number of nitrogens with two attached hydrogens (primary N) is 1. The summed E-state index contributed by atoms with van der Waals surface area (Å²) in [4.78, 5) is 12.1. The van der Waals surface area contributed by atoms with Crippen molar-refractivity contribution in [2.24, 2.45) is 12.8 Å². The highest BCUT2D eigenvalue weighted by atomic mass is 16.1. The van der Waals surface area contributed by atoms with E-state index in [0.717, 1.165) is 24.1 Å². The minimum atomic E-state index is -0.720. The molecule has 1 atom stereocenters. The van der Waals surface area contributed by atoms with Crippen molar-refractivity contribution in [2.75, 3.05) is 0 Å². The summed E-state index contributed by atoms with van der Waals surface area (Å²) < 4.78 is 1.74. The molecule has 0 aliphatic heterocycles. The van der Waals surface area contributed by atoms with Crippen molar-refractivity contribution in [1.82, 2.24) is 9.78 Å². The lowest BCUT2D eigenvalue weighted by Crippen LogP contribution is -2.42. The van der Waals surface area contributed by atoms with E-state index in [9.17, 15) is 4.79 Å². The Morgan fingerprint density at radius 1 is 1.39 bits per heavy atom. The highest BCUT2D eigenvalue weighted by Crippen LogP contribution is 2.43. The number of amides is 1. The second-order valence-corrected chi connectivity index (χ2v) is 4.77. The van der Waals surface area contributed by atoms with Gasteiger partial charge in [-0.15, -0.1) is 0 Å². The van der Waals surface area contributed by atoms with Crippen molar-refractivity contribution < 1.29 is 4.79 Å². The van der Waals surface area contributed by atoms with Gasteiger partial charge >= 0.3 is 0 Å². The van der Waals surface area contributed by atoms with E-state index in [1.165, 1.54) is 5.56 Å². The molecule has 1 aromatic carbocycles. The van der Waals surface area contributed by atoms with E-state index >= 15 is 0 Å². The minimum Gasteiger partial charge on any atom is -0.369 e. The van der Waals surface area contributed by atoms with Crippen molar-refractivity contribution in [3.05, 3.63) is 53.3 Å². The van der Waals surface area contributed by atoms with Crippen molar-refractivity contribution in [3.63, 3.8) is 0 Å². The van der Waals surface area contributed by atoms with Crippen LogP contribution in [-0.2, 0) is 23.7 Å². The predicted octanol–water partition coefficient (Wildman–Crippen LogP) is 1.14. The third kappa shape index (κ3) is 1.26. The fraction of sp³-hybridized carbons (Fsp3) is 0.286. The molecule has 4 heteroatoms. The Kier molecular flexibility index (Phi) is 2.26. The fourth-order valence-corrected chi connectivity index (χ4v) is 3.05. The van der Waals surface area contributed by atoms with E-state index in [2.05, 4.69) is 11.2 Å². The van der Waals surface area contributed by atoms with Crippen LogP contribution in [0.2, 0.25) is 0 Å². The number of carbonyl (C=O) groups is 1. The molecule has 0 fully saturated rings. The lowest BCUT2D eigenvalue weighted by molar-refractivity contribution is -0.122. The summed E-state index contributed by atoms with van der Waals surface area (Å²) in [6.45, 7) is 0. The second-order valence-electron chi connectivity index (χ2n) is 4.77. The van der Waals surface area contributed by atoms with Gasteiger partial charge in [0.05, 0.1) is 5.69 Å². The van der Waals surface area contributed by atoms with Crippen LogP contribution >= 0.6 is 0 Å². The molecule has 0 saturated heterocycles. The summed E-state index contributed by atoms with van der Waals surface area (Å²) in [6.07, 6.45) is 3.31. The topological polar surface area (TPSA) is 60.9 Å². The van der Waals surface area contributed by atoms with Crippen molar-refractivity contribution >= 4 is 5.91 Å². The summed E-state index contributed by atoms with van der Waals surface area (Å²) in [5, 5.41) is 4.17. The van der Waals surface area contributed by atoms with Gasteiger partial charge in [0, 0.05) is 13.2 Å². The summed E-state index contributed by atoms with van der Waals surface area (Å²) in [7, 11) is 1.85. The predicted molar refractivity (Wildman–Crippen MR) is 67.9 cm³/mol. The van der Waals surface area contributed by atoms with Gasteiger partial charge in [-0.2, -0.15) is 5.10 Å². The number of primary amides is 1. The Balaban J connectivity index is 2.28. The first-order valence-corrected chi connectivity index (χ1v) is 6.03. The highest BCUT2D eigenvalue weighted by molar-refractivity contribution is 5.91. The van der Waals surface area contributed by atoms with Crippen molar-refractivity contribution in [3.8, 4) is 0 Å². The lowest BCUT2D eigenvalue weighted by atomic mass is 9.78. The van der Waals surface area contributed by atoms with Gasteiger partial charge in [0.2, 0.25) is 5.91 Å². The minimum absolute atomic E-state index is 0.295. The zero-order chi connectivity index (χ0) is 12.8. The average molecular weight is 241 g/mol. The molecule has 1 unspecified atom stereocenters. The highest BCUT2D eigenvalue weighted by Gasteiger charge is 2.47. The molecule has 2 N–H and O–H groups in total. The zero-order valence-corrected chi connectivity index (χ0v) is 10.3. The molecule has 2 aromatic rings. The maximum absolute atomic E-state index is 12.1. The number of aromatic nitrogens is 2. The van der Waals surface area contributed by atoms with Crippen molar-refractivity contribution in [2.45, 2.75) is 18.3 Å². The van der Waals surface area contributed by atoms with E-state index in [0.29, 0.717) is 0 Å². The molecular formula is C14H15N3O. The van der Waals surface area contributed by atoms with Crippen LogP contribution in [0.1, 0.15) is 23.2 Å². The molecule has 0 spiro atoms. The summed E-state index contributed by atoms with van der Waals surface area (Å²) >= 11 is 0. The summed E-state index contributed by atoms with van der Waals surface area (Å²) in [5.41, 5.74) is 8.12. The number of carbonyl (C=O) groups excluding carboxylic acids is 1. The summed E-state index contributed by atoms with van der Waals surface area (Å²) in [5.74, 6) is -0.295. The summed E-state index contributed by atoms with van der Waals surface area (Å²) in [6, 6.07) is 9.90. The largest absolute Gasteiger partial charge is 0.369 e. The molecular weight excluding hydrogens is 226 g/mol. The third-order valence-corrected chi connectivity index (χ3v) is 3.93. The van der Waals surface area contributed by atoms with Crippen LogP contribution in [0.4, 0.5) is 0 Å². The molecule has 4 nitrogen and oxygen atoms in total. The van der Waals surface area contributed by atoms with Crippen LogP contribution in [0.3, 0.4) is 0 Å². The van der Waals surface area contributed by atoms with E-state index in [-0.39, 0.29) is 5.91 Å². The lowest BCUT2D eigenvalue weighted by Gasteiger charge is -2.27. The van der Waals surface area contributed by atoms with Crippen LogP contribution in [0.5, 0.6) is 0 Å². The van der Waals surface area contributed by atoms with Gasteiger partial charge in [-0.1, -0.05) is 24.3 Å². The Hall–Kier alpha value is -2.10. The quantitative estimate of drug-likeness (QED) is 0.857.